The minimum absolute atomic E-state index is 0.0516. The lowest BCUT2D eigenvalue weighted by Gasteiger charge is -2.21. The van der Waals surface area contributed by atoms with Gasteiger partial charge >= 0.3 is 0 Å². The first kappa shape index (κ1) is 17.3. The van der Waals surface area contributed by atoms with Crippen LogP contribution >= 0.6 is 11.8 Å². The Morgan fingerprint density at radius 1 is 1.30 bits per heavy atom. The number of hydrogen-bond acceptors (Lipinski definition) is 5. The summed E-state index contributed by atoms with van der Waals surface area (Å²) in [4.78, 5) is 29.7. The molecule has 0 saturated carbocycles. The summed E-state index contributed by atoms with van der Waals surface area (Å²) in [6.45, 7) is 2.17. The number of nitrogens with zero attached hydrogens (tertiary/aromatic N) is 3. The van der Waals surface area contributed by atoms with Crippen LogP contribution in [-0.4, -0.2) is 31.8 Å². The van der Waals surface area contributed by atoms with E-state index in [0.29, 0.717) is 23.6 Å². The van der Waals surface area contributed by atoms with E-state index < -0.39 is 0 Å². The third-order valence-corrected chi connectivity index (χ3v) is 5.38. The van der Waals surface area contributed by atoms with Crippen LogP contribution in [0.5, 0.6) is 0 Å². The Hall–Kier alpha value is -3.13. The Kier molecular flexibility index (Phi) is 4.64. The normalized spacial score (nSPS) is 15.7. The molecule has 3 heterocycles. The van der Waals surface area contributed by atoms with Gasteiger partial charge in [0.15, 0.2) is 5.82 Å². The van der Waals surface area contributed by atoms with E-state index in [-0.39, 0.29) is 17.1 Å². The molecule has 8 heteroatoms. The zero-order valence-electron chi connectivity index (χ0n) is 14.5. The number of carbonyl (C=O) groups excluding carboxylic acids is 2. The van der Waals surface area contributed by atoms with Crippen LogP contribution in [-0.2, 0) is 11.3 Å². The van der Waals surface area contributed by atoms with Gasteiger partial charge < -0.3 is 10.6 Å². The van der Waals surface area contributed by atoms with E-state index in [4.69, 9.17) is 0 Å². The van der Waals surface area contributed by atoms with Crippen molar-refractivity contribution in [3.05, 3.63) is 66.1 Å². The zero-order valence-corrected chi connectivity index (χ0v) is 15.4. The highest BCUT2D eigenvalue weighted by Crippen LogP contribution is 2.35. The van der Waals surface area contributed by atoms with Gasteiger partial charge in [0.2, 0.25) is 5.91 Å². The van der Waals surface area contributed by atoms with Crippen molar-refractivity contribution in [2.45, 2.75) is 23.6 Å². The number of aromatic nitrogens is 3. The van der Waals surface area contributed by atoms with Crippen LogP contribution in [0, 0.1) is 0 Å². The summed E-state index contributed by atoms with van der Waals surface area (Å²) in [6, 6.07) is 10.9. The first-order chi connectivity index (χ1) is 13.1. The van der Waals surface area contributed by atoms with Crippen LogP contribution in [0.4, 0.5) is 5.69 Å². The molecule has 0 fully saturated rings. The number of hydrogen-bond donors (Lipinski definition) is 2. The fourth-order valence-electron chi connectivity index (χ4n) is 2.80. The molecule has 1 aromatic carbocycles. The predicted molar refractivity (Wildman–Crippen MR) is 103 cm³/mol. The van der Waals surface area contributed by atoms with E-state index in [1.165, 1.54) is 11.8 Å². The maximum atomic E-state index is 12.6. The maximum absolute atomic E-state index is 12.6. The molecule has 136 valence electrons. The van der Waals surface area contributed by atoms with Gasteiger partial charge in [-0.3, -0.25) is 9.59 Å². The van der Waals surface area contributed by atoms with Crippen molar-refractivity contribution >= 4 is 29.3 Å². The van der Waals surface area contributed by atoms with Crippen molar-refractivity contribution in [1.29, 1.82) is 0 Å². The Morgan fingerprint density at radius 3 is 3.00 bits per heavy atom. The predicted octanol–water partition coefficient (Wildman–Crippen LogP) is 2.63. The number of thioether (sulfide) groups is 1. The van der Waals surface area contributed by atoms with Gasteiger partial charge in [-0.25, -0.2) is 9.67 Å². The number of fused-ring (bicyclic) bond motifs is 1. The van der Waals surface area contributed by atoms with E-state index in [1.807, 2.05) is 31.2 Å². The fraction of sp³-hybridized carbons (Fsp3) is 0.158. The van der Waals surface area contributed by atoms with Crippen LogP contribution < -0.4 is 10.6 Å². The number of carbonyl (C=O) groups is 2. The molecule has 1 aliphatic heterocycles. The fourth-order valence-corrected chi connectivity index (χ4v) is 3.73. The molecule has 7 nitrogen and oxygen atoms in total. The van der Waals surface area contributed by atoms with Gasteiger partial charge in [0.05, 0.1) is 10.9 Å². The maximum Gasteiger partial charge on any atom is 0.251 e. The van der Waals surface area contributed by atoms with Crippen molar-refractivity contribution in [2.24, 2.45) is 0 Å². The summed E-state index contributed by atoms with van der Waals surface area (Å²) >= 11 is 1.49. The molecule has 0 spiro atoms. The second-order valence-electron chi connectivity index (χ2n) is 6.08. The SMILES string of the molecule is CC1Sc2ccc(C(=O)NCc3cccnc3-n3cccn3)cc2NC1=O. The summed E-state index contributed by atoms with van der Waals surface area (Å²) in [6.07, 6.45) is 5.17. The van der Waals surface area contributed by atoms with Gasteiger partial charge in [-0.1, -0.05) is 6.07 Å². The molecule has 0 radical (unpaired) electrons. The standard InChI is InChI=1S/C19H17N5O2S/c1-12-18(25)23-15-10-13(5-6-16(15)27-12)19(26)21-11-14-4-2-7-20-17(14)24-9-3-8-22-24/h2-10,12H,11H2,1H3,(H,21,26)(H,23,25). The van der Waals surface area contributed by atoms with Crippen LogP contribution in [0.3, 0.4) is 0 Å². The lowest BCUT2D eigenvalue weighted by atomic mass is 10.1. The third-order valence-electron chi connectivity index (χ3n) is 4.20. The topological polar surface area (TPSA) is 88.9 Å². The van der Waals surface area contributed by atoms with E-state index >= 15 is 0 Å². The van der Waals surface area contributed by atoms with Gasteiger partial charge in [0.1, 0.15) is 0 Å². The molecule has 2 aromatic heterocycles. The van der Waals surface area contributed by atoms with Gasteiger partial charge in [0.25, 0.3) is 5.91 Å². The monoisotopic (exact) mass is 379 g/mol. The van der Waals surface area contributed by atoms with Crippen molar-refractivity contribution in [3.63, 3.8) is 0 Å². The Balaban J connectivity index is 1.50. The Bertz CT molecular complexity index is 1000. The minimum atomic E-state index is -0.217. The van der Waals surface area contributed by atoms with Crippen LogP contribution in [0.25, 0.3) is 5.82 Å². The Morgan fingerprint density at radius 2 is 2.19 bits per heavy atom. The largest absolute Gasteiger partial charge is 0.348 e. The molecule has 27 heavy (non-hydrogen) atoms. The molecule has 4 rings (SSSR count). The summed E-state index contributed by atoms with van der Waals surface area (Å²) in [5, 5.41) is 9.81. The van der Waals surface area contributed by atoms with Gasteiger partial charge in [0, 0.05) is 41.2 Å². The quantitative estimate of drug-likeness (QED) is 0.727. The van der Waals surface area contributed by atoms with Crippen molar-refractivity contribution in [1.82, 2.24) is 20.1 Å². The van der Waals surface area contributed by atoms with Crippen molar-refractivity contribution < 1.29 is 9.59 Å². The van der Waals surface area contributed by atoms with Gasteiger partial charge in [-0.15, -0.1) is 11.8 Å². The molecule has 0 aliphatic carbocycles. The first-order valence-corrected chi connectivity index (χ1v) is 9.33. The number of pyridine rings is 1. The molecule has 2 N–H and O–H groups in total. The summed E-state index contributed by atoms with van der Waals surface area (Å²) in [5.74, 6) is 0.404. The highest BCUT2D eigenvalue weighted by molar-refractivity contribution is 8.00. The molecule has 2 amide bonds. The van der Waals surface area contributed by atoms with E-state index in [0.717, 1.165) is 10.5 Å². The molecule has 1 unspecified atom stereocenters. The lowest BCUT2D eigenvalue weighted by molar-refractivity contribution is -0.115. The van der Waals surface area contributed by atoms with Crippen molar-refractivity contribution in [2.75, 3.05) is 5.32 Å². The van der Waals surface area contributed by atoms with Gasteiger partial charge in [-0.2, -0.15) is 5.10 Å². The van der Waals surface area contributed by atoms with Crippen molar-refractivity contribution in [3.8, 4) is 5.82 Å². The molecule has 0 bridgehead atoms. The van der Waals surface area contributed by atoms with E-state index in [9.17, 15) is 9.59 Å². The average molecular weight is 379 g/mol. The second kappa shape index (κ2) is 7.24. The molecule has 1 aliphatic rings. The Labute approximate surface area is 160 Å². The first-order valence-electron chi connectivity index (χ1n) is 8.45. The average Bonchev–Trinajstić information content (AvgIpc) is 3.21. The van der Waals surface area contributed by atoms with E-state index in [2.05, 4.69) is 20.7 Å². The highest BCUT2D eigenvalue weighted by atomic mass is 32.2. The number of benzene rings is 1. The second-order valence-corrected chi connectivity index (χ2v) is 7.46. The molecular weight excluding hydrogens is 362 g/mol. The molecule has 3 aromatic rings. The number of rotatable bonds is 4. The molecular formula is C19H17N5O2S. The number of anilines is 1. The molecule has 0 saturated heterocycles. The molecule has 1 atom stereocenters. The minimum Gasteiger partial charge on any atom is -0.348 e. The summed E-state index contributed by atoms with van der Waals surface area (Å²) in [7, 11) is 0. The van der Waals surface area contributed by atoms with Crippen LogP contribution in [0.2, 0.25) is 0 Å². The number of nitrogens with one attached hydrogen (secondary N) is 2. The van der Waals surface area contributed by atoms with Crippen LogP contribution in [0.1, 0.15) is 22.8 Å². The summed E-state index contributed by atoms with van der Waals surface area (Å²) < 4.78 is 1.66. The van der Waals surface area contributed by atoms with E-state index in [1.54, 1.807) is 35.4 Å². The highest BCUT2D eigenvalue weighted by Gasteiger charge is 2.23. The van der Waals surface area contributed by atoms with Gasteiger partial charge in [-0.05, 0) is 37.3 Å². The lowest BCUT2D eigenvalue weighted by Crippen LogP contribution is -2.27. The third kappa shape index (κ3) is 3.56. The smallest absolute Gasteiger partial charge is 0.251 e. The zero-order chi connectivity index (χ0) is 18.8. The summed E-state index contributed by atoms with van der Waals surface area (Å²) in [5.41, 5.74) is 2.02. The number of amides is 2. The van der Waals surface area contributed by atoms with Crippen LogP contribution in [0.15, 0.2) is 59.9 Å².